The van der Waals surface area contributed by atoms with Crippen molar-refractivity contribution in [2.45, 2.75) is 6.92 Å². The van der Waals surface area contributed by atoms with Crippen molar-refractivity contribution in [3.05, 3.63) is 0 Å². The molecular weight excluding hydrogens is 236 g/mol. The lowest BCUT2D eigenvalue weighted by atomic mass is 10.3. The van der Waals surface area contributed by atoms with Crippen molar-refractivity contribution >= 4 is 17.7 Å². The van der Waals surface area contributed by atoms with Gasteiger partial charge in [0.2, 0.25) is 5.91 Å². The number of carbonyl (C=O) groups is 3. The van der Waals surface area contributed by atoms with Gasteiger partial charge in [-0.3, -0.25) is 14.4 Å². The van der Waals surface area contributed by atoms with Gasteiger partial charge in [0.05, 0.1) is 6.54 Å². The molecule has 0 aromatic carbocycles. The molecule has 0 aromatic heterocycles. The lowest BCUT2D eigenvalue weighted by Crippen LogP contribution is -2.52. The Balaban J connectivity index is 2.46. The second-order valence-electron chi connectivity index (χ2n) is 4.16. The molecule has 0 aromatic rings. The van der Waals surface area contributed by atoms with Crippen molar-refractivity contribution < 1.29 is 14.4 Å². The van der Waals surface area contributed by atoms with Crippen LogP contribution in [0.25, 0.3) is 0 Å². The third-order valence-electron chi connectivity index (χ3n) is 2.69. The SMILES string of the molecule is CCNC(=O)CN(C)C(=O)C(=O)N1CCNCC1. The third-order valence-corrected chi connectivity index (χ3v) is 2.69. The monoisotopic (exact) mass is 256 g/mol. The molecule has 0 unspecified atom stereocenters. The summed E-state index contributed by atoms with van der Waals surface area (Å²) in [4.78, 5) is 37.6. The van der Waals surface area contributed by atoms with E-state index >= 15 is 0 Å². The largest absolute Gasteiger partial charge is 0.355 e. The lowest BCUT2D eigenvalue weighted by Gasteiger charge is -2.28. The Bertz CT molecular complexity index is 326. The first-order chi connectivity index (χ1) is 8.56. The van der Waals surface area contributed by atoms with Crippen molar-refractivity contribution in [2.75, 3.05) is 46.3 Å². The summed E-state index contributed by atoms with van der Waals surface area (Å²) < 4.78 is 0. The molecule has 1 fully saturated rings. The van der Waals surface area contributed by atoms with Crippen LogP contribution in [-0.2, 0) is 14.4 Å². The van der Waals surface area contributed by atoms with Crippen molar-refractivity contribution in [3.63, 3.8) is 0 Å². The molecule has 18 heavy (non-hydrogen) atoms. The minimum absolute atomic E-state index is 0.0928. The standard InChI is InChI=1S/C11H20N4O3/c1-3-13-9(16)8-14(2)10(17)11(18)15-6-4-12-5-7-15/h12H,3-8H2,1-2H3,(H,13,16). The summed E-state index contributed by atoms with van der Waals surface area (Å²) in [7, 11) is 1.46. The molecule has 1 heterocycles. The Morgan fingerprint density at radius 3 is 2.44 bits per heavy atom. The van der Waals surface area contributed by atoms with Crippen LogP contribution in [0, 0.1) is 0 Å². The molecule has 1 aliphatic heterocycles. The maximum Gasteiger partial charge on any atom is 0.312 e. The maximum atomic E-state index is 11.9. The highest BCUT2D eigenvalue weighted by atomic mass is 16.2. The lowest BCUT2D eigenvalue weighted by molar-refractivity contribution is -0.152. The Morgan fingerprint density at radius 2 is 1.89 bits per heavy atom. The molecule has 7 heteroatoms. The van der Waals surface area contributed by atoms with Crippen LogP contribution >= 0.6 is 0 Å². The maximum absolute atomic E-state index is 11.9. The van der Waals surface area contributed by atoms with Crippen molar-refractivity contribution in [1.29, 1.82) is 0 Å². The highest BCUT2D eigenvalue weighted by molar-refractivity contribution is 6.35. The van der Waals surface area contributed by atoms with Gasteiger partial charge in [-0.15, -0.1) is 0 Å². The van der Waals surface area contributed by atoms with E-state index in [1.165, 1.54) is 11.9 Å². The third kappa shape index (κ3) is 3.99. The molecule has 1 aliphatic rings. The first-order valence-electron chi connectivity index (χ1n) is 6.08. The minimum Gasteiger partial charge on any atom is -0.355 e. The quantitative estimate of drug-likeness (QED) is 0.573. The first-order valence-corrected chi connectivity index (χ1v) is 6.08. The van der Waals surface area contributed by atoms with Crippen LogP contribution in [0.1, 0.15) is 6.92 Å². The number of nitrogens with one attached hydrogen (secondary N) is 2. The van der Waals surface area contributed by atoms with Crippen LogP contribution < -0.4 is 10.6 Å². The van der Waals surface area contributed by atoms with Gasteiger partial charge in [-0.05, 0) is 6.92 Å². The van der Waals surface area contributed by atoms with Crippen LogP contribution in [0.2, 0.25) is 0 Å². The van der Waals surface area contributed by atoms with E-state index in [0.29, 0.717) is 32.7 Å². The van der Waals surface area contributed by atoms with E-state index in [1.807, 2.05) is 0 Å². The molecule has 0 saturated carbocycles. The summed E-state index contributed by atoms with van der Waals surface area (Å²) in [6.07, 6.45) is 0. The highest BCUT2D eigenvalue weighted by Gasteiger charge is 2.26. The van der Waals surface area contributed by atoms with E-state index in [-0.39, 0.29) is 12.5 Å². The van der Waals surface area contributed by atoms with E-state index in [1.54, 1.807) is 6.92 Å². The first kappa shape index (κ1) is 14.4. The van der Waals surface area contributed by atoms with Gasteiger partial charge in [0.15, 0.2) is 0 Å². The number of likely N-dealkylation sites (N-methyl/N-ethyl adjacent to an activating group) is 2. The van der Waals surface area contributed by atoms with Gasteiger partial charge in [0, 0.05) is 39.8 Å². The zero-order valence-corrected chi connectivity index (χ0v) is 10.9. The van der Waals surface area contributed by atoms with Gasteiger partial charge in [0.25, 0.3) is 0 Å². The van der Waals surface area contributed by atoms with E-state index in [9.17, 15) is 14.4 Å². The number of rotatable bonds is 3. The van der Waals surface area contributed by atoms with E-state index < -0.39 is 11.8 Å². The average molecular weight is 256 g/mol. The smallest absolute Gasteiger partial charge is 0.312 e. The summed E-state index contributed by atoms with van der Waals surface area (Å²) in [6.45, 7) is 4.65. The van der Waals surface area contributed by atoms with E-state index in [0.717, 1.165) is 4.90 Å². The predicted molar refractivity (Wildman–Crippen MR) is 65.8 cm³/mol. The summed E-state index contributed by atoms with van der Waals surface area (Å²) >= 11 is 0. The fourth-order valence-electron chi connectivity index (χ4n) is 1.71. The molecule has 0 atom stereocenters. The zero-order chi connectivity index (χ0) is 13.5. The second-order valence-corrected chi connectivity index (χ2v) is 4.16. The van der Waals surface area contributed by atoms with Crippen LogP contribution in [0.4, 0.5) is 0 Å². The molecule has 0 aliphatic carbocycles. The van der Waals surface area contributed by atoms with Crippen LogP contribution in [-0.4, -0.2) is 73.8 Å². The molecule has 7 nitrogen and oxygen atoms in total. The molecule has 102 valence electrons. The van der Waals surface area contributed by atoms with Gasteiger partial charge in [-0.2, -0.15) is 0 Å². The fourth-order valence-corrected chi connectivity index (χ4v) is 1.71. The molecule has 0 radical (unpaired) electrons. The van der Waals surface area contributed by atoms with Gasteiger partial charge in [-0.1, -0.05) is 0 Å². The summed E-state index contributed by atoms with van der Waals surface area (Å²) in [6, 6.07) is 0. The molecular formula is C11H20N4O3. The zero-order valence-electron chi connectivity index (χ0n) is 10.9. The number of nitrogens with zero attached hydrogens (tertiary/aromatic N) is 2. The summed E-state index contributed by atoms with van der Waals surface area (Å²) in [5.41, 5.74) is 0. The van der Waals surface area contributed by atoms with Crippen molar-refractivity contribution in [3.8, 4) is 0 Å². The number of piperazine rings is 1. The normalized spacial score (nSPS) is 15.1. The molecule has 0 bridgehead atoms. The Morgan fingerprint density at radius 1 is 1.28 bits per heavy atom. The highest BCUT2D eigenvalue weighted by Crippen LogP contribution is 1.97. The second kappa shape index (κ2) is 6.95. The fraction of sp³-hybridized carbons (Fsp3) is 0.727. The predicted octanol–water partition coefficient (Wildman–Crippen LogP) is -1.99. The topological polar surface area (TPSA) is 81.8 Å². The number of hydrogen-bond donors (Lipinski definition) is 2. The Kier molecular flexibility index (Phi) is 5.57. The molecule has 1 rings (SSSR count). The van der Waals surface area contributed by atoms with Gasteiger partial charge >= 0.3 is 11.8 Å². The van der Waals surface area contributed by atoms with Gasteiger partial charge < -0.3 is 20.4 Å². The summed E-state index contributed by atoms with van der Waals surface area (Å²) in [5.74, 6) is -1.44. The van der Waals surface area contributed by atoms with Crippen molar-refractivity contribution in [1.82, 2.24) is 20.4 Å². The number of amides is 3. The molecule has 3 amide bonds. The Hall–Kier alpha value is -1.63. The number of hydrogen-bond acceptors (Lipinski definition) is 4. The van der Waals surface area contributed by atoms with Crippen LogP contribution in [0.5, 0.6) is 0 Å². The van der Waals surface area contributed by atoms with Crippen LogP contribution in [0.3, 0.4) is 0 Å². The molecule has 1 saturated heterocycles. The van der Waals surface area contributed by atoms with E-state index in [4.69, 9.17) is 0 Å². The summed E-state index contributed by atoms with van der Waals surface area (Å²) in [5, 5.41) is 5.69. The van der Waals surface area contributed by atoms with Gasteiger partial charge in [0.1, 0.15) is 0 Å². The Labute approximate surface area is 106 Å². The van der Waals surface area contributed by atoms with Crippen molar-refractivity contribution in [2.24, 2.45) is 0 Å². The average Bonchev–Trinajstić information content (AvgIpc) is 2.38. The number of carbonyl (C=O) groups excluding carboxylic acids is 3. The van der Waals surface area contributed by atoms with Crippen LogP contribution in [0.15, 0.2) is 0 Å². The molecule has 2 N–H and O–H groups in total. The van der Waals surface area contributed by atoms with Gasteiger partial charge in [-0.25, -0.2) is 0 Å². The minimum atomic E-state index is -0.636. The van der Waals surface area contributed by atoms with E-state index in [2.05, 4.69) is 10.6 Å². The molecule has 0 spiro atoms.